The average molecular weight is 315 g/mol. The summed E-state index contributed by atoms with van der Waals surface area (Å²) in [4.78, 5) is 0. The standard InChI is InChI=1S/C11H11F6N3O/c12-10(13,14)6-2-1-3-7(4-6)19-5-8(9(18)20-21)11(15,16)17/h1-4,8,19,21H,5H2,(H2,18,20). The third-order valence-corrected chi connectivity index (χ3v) is 2.57. The second kappa shape index (κ2) is 6.10. The first-order valence-corrected chi connectivity index (χ1v) is 5.51. The molecule has 0 fully saturated rings. The molecule has 0 saturated heterocycles. The Morgan fingerprint density at radius 2 is 1.86 bits per heavy atom. The van der Waals surface area contributed by atoms with E-state index in [0.29, 0.717) is 6.07 Å². The van der Waals surface area contributed by atoms with Gasteiger partial charge in [0.1, 0.15) is 5.92 Å². The minimum absolute atomic E-state index is 0.162. The fourth-order valence-electron chi connectivity index (χ4n) is 1.48. The first-order valence-electron chi connectivity index (χ1n) is 5.51. The van der Waals surface area contributed by atoms with Gasteiger partial charge in [0.2, 0.25) is 0 Å². The first kappa shape index (κ1) is 16.9. The Labute approximate surface area is 115 Å². The summed E-state index contributed by atoms with van der Waals surface area (Å²) in [5.74, 6) is -3.40. The summed E-state index contributed by atoms with van der Waals surface area (Å²) in [6.45, 7) is -0.860. The number of amidine groups is 1. The molecule has 1 rings (SSSR count). The van der Waals surface area contributed by atoms with Crippen molar-refractivity contribution in [3.8, 4) is 0 Å². The Morgan fingerprint density at radius 3 is 2.33 bits per heavy atom. The summed E-state index contributed by atoms with van der Waals surface area (Å²) in [6.07, 6.45) is -9.41. The van der Waals surface area contributed by atoms with Crippen LogP contribution in [0.1, 0.15) is 5.56 Å². The zero-order valence-electron chi connectivity index (χ0n) is 10.3. The van der Waals surface area contributed by atoms with E-state index in [9.17, 15) is 26.3 Å². The van der Waals surface area contributed by atoms with E-state index in [4.69, 9.17) is 10.9 Å². The van der Waals surface area contributed by atoms with E-state index in [-0.39, 0.29) is 5.69 Å². The van der Waals surface area contributed by atoms with Gasteiger partial charge >= 0.3 is 12.4 Å². The van der Waals surface area contributed by atoms with Gasteiger partial charge in [-0.25, -0.2) is 0 Å². The molecule has 4 N–H and O–H groups in total. The summed E-state index contributed by atoms with van der Waals surface area (Å²) in [7, 11) is 0. The minimum Gasteiger partial charge on any atom is -0.409 e. The van der Waals surface area contributed by atoms with E-state index in [0.717, 1.165) is 12.1 Å². The average Bonchev–Trinajstić information content (AvgIpc) is 2.36. The molecule has 10 heteroatoms. The molecule has 118 valence electrons. The monoisotopic (exact) mass is 315 g/mol. The van der Waals surface area contributed by atoms with Crippen molar-refractivity contribution < 1.29 is 31.5 Å². The van der Waals surface area contributed by atoms with Crippen molar-refractivity contribution in [2.75, 3.05) is 11.9 Å². The van der Waals surface area contributed by atoms with Crippen LogP contribution in [0.15, 0.2) is 29.4 Å². The fraction of sp³-hybridized carbons (Fsp3) is 0.364. The number of alkyl halides is 6. The molecule has 0 heterocycles. The molecule has 0 aliphatic rings. The SMILES string of the molecule is N/C(=N/O)C(CNc1cccc(C(F)(F)F)c1)C(F)(F)F. The van der Waals surface area contributed by atoms with Crippen LogP contribution in [0.2, 0.25) is 0 Å². The zero-order valence-corrected chi connectivity index (χ0v) is 10.3. The van der Waals surface area contributed by atoms with Gasteiger partial charge < -0.3 is 16.3 Å². The molecule has 0 spiro atoms. The van der Waals surface area contributed by atoms with Gasteiger partial charge in [-0.1, -0.05) is 11.2 Å². The highest BCUT2D eigenvalue weighted by Crippen LogP contribution is 2.31. The van der Waals surface area contributed by atoms with Gasteiger partial charge in [0.05, 0.1) is 5.56 Å². The lowest BCUT2D eigenvalue weighted by Crippen LogP contribution is -2.40. The molecule has 21 heavy (non-hydrogen) atoms. The number of benzene rings is 1. The van der Waals surface area contributed by atoms with Crippen LogP contribution in [0.4, 0.5) is 32.0 Å². The van der Waals surface area contributed by atoms with Crippen LogP contribution < -0.4 is 11.1 Å². The maximum atomic E-state index is 12.6. The van der Waals surface area contributed by atoms with Crippen molar-refractivity contribution in [1.29, 1.82) is 0 Å². The Kier molecular flexibility index (Phi) is 4.92. The van der Waals surface area contributed by atoms with E-state index in [1.165, 1.54) is 6.07 Å². The highest BCUT2D eigenvalue weighted by atomic mass is 19.4. The van der Waals surface area contributed by atoms with Gasteiger partial charge in [-0.15, -0.1) is 0 Å². The molecule has 0 aliphatic heterocycles. The van der Waals surface area contributed by atoms with Crippen molar-refractivity contribution in [3.05, 3.63) is 29.8 Å². The molecule has 0 aromatic heterocycles. The Hall–Kier alpha value is -2.13. The molecule has 0 aliphatic carbocycles. The number of hydrogen-bond donors (Lipinski definition) is 3. The van der Waals surface area contributed by atoms with Crippen LogP contribution in [0, 0.1) is 5.92 Å². The number of nitrogens with two attached hydrogens (primary N) is 1. The number of oxime groups is 1. The fourth-order valence-corrected chi connectivity index (χ4v) is 1.48. The van der Waals surface area contributed by atoms with E-state index < -0.39 is 36.2 Å². The summed E-state index contributed by atoms with van der Waals surface area (Å²) < 4.78 is 75.3. The first-order chi connectivity index (χ1) is 9.55. The lowest BCUT2D eigenvalue weighted by molar-refractivity contribution is -0.152. The molecule has 4 nitrogen and oxygen atoms in total. The predicted molar refractivity (Wildman–Crippen MR) is 62.9 cm³/mol. The number of halogens is 6. The number of hydrogen-bond acceptors (Lipinski definition) is 3. The van der Waals surface area contributed by atoms with Crippen LogP contribution in [0.3, 0.4) is 0 Å². The van der Waals surface area contributed by atoms with Gasteiger partial charge in [0.15, 0.2) is 5.84 Å². The van der Waals surface area contributed by atoms with Crippen LogP contribution in [-0.2, 0) is 6.18 Å². The Bertz CT molecular complexity index is 511. The second-order valence-corrected chi connectivity index (χ2v) is 4.08. The normalized spacial score (nSPS) is 14.9. The van der Waals surface area contributed by atoms with Gasteiger partial charge in [0.25, 0.3) is 0 Å². The van der Waals surface area contributed by atoms with Crippen LogP contribution in [-0.4, -0.2) is 23.8 Å². The molecule has 1 unspecified atom stereocenters. The van der Waals surface area contributed by atoms with Crippen LogP contribution in [0.25, 0.3) is 0 Å². The summed E-state index contributed by atoms with van der Waals surface area (Å²) in [6, 6.07) is 3.68. The Morgan fingerprint density at radius 1 is 1.24 bits per heavy atom. The number of nitrogens with zero attached hydrogens (tertiary/aromatic N) is 1. The largest absolute Gasteiger partial charge is 0.416 e. The summed E-state index contributed by atoms with van der Waals surface area (Å²) in [5.41, 5.74) is 3.76. The van der Waals surface area contributed by atoms with E-state index >= 15 is 0 Å². The zero-order chi connectivity index (χ0) is 16.3. The van der Waals surface area contributed by atoms with Crippen molar-refractivity contribution >= 4 is 11.5 Å². The van der Waals surface area contributed by atoms with Crippen LogP contribution in [0.5, 0.6) is 0 Å². The molecule has 0 saturated carbocycles. The lowest BCUT2D eigenvalue weighted by Gasteiger charge is -2.20. The van der Waals surface area contributed by atoms with Gasteiger partial charge in [0, 0.05) is 12.2 Å². The molecule has 1 aromatic carbocycles. The number of anilines is 1. The van der Waals surface area contributed by atoms with Crippen molar-refractivity contribution in [3.63, 3.8) is 0 Å². The van der Waals surface area contributed by atoms with E-state index in [1.807, 2.05) is 0 Å². The lowest BCUT2D eigenvalue weighted by atomic mass is 10.1. The molecule has 0 amide bonds. The van der Waals surface area contributed by atoms with Gasteiger partial charge in [-0.05, 0) is 18.2 Å². The van der Waals surface area contributed by atoms with E-state index in [1.54, 1.807) is 0 Å². The van der Waals surface area contributed by atoms with Crippen molar-refractivity contribution in [2.24, 2.45) is 16.8 Å². The summed E-state index contributed by atoms with van der Waals surface area (Å²) >= 11 is 0. The molecule has 0 bridgehead atoms. The Balaban J connectivity index is 2.87. The molecule has 0 radical (unpaired) electrons. The third kappa shape index (κ3) is 4.72. The van der Waals surface area contributed by atoms with Crippen LogP contribution >= 0.6 is 0 Å². The maximum Gasteiger partial charge on any atom is 0.416 e. The highest BCUT2D eigenvalue weighted by molar-refractivity contribution is 5.83. The quantitative estimate of drug-likeness (QED) is 0.263. The second-order valence-electron chi connectivity index (χ2n) is 4.08. The number of nitrogens with one attached hydrogen (secondary N) is 1. The molecular weight excluding hydrogens is 304 g/mol. The van der Waals surface area contributed by atoms with E-state index in [2.05, 4.69) is 10.5 Å². The minimum atomic E-state index is -4.80. The topological polar surface area (TPSA) is 70.6 Å². The predicted octanol–water partition coefficient (Wildman–Crippen LogP) is 3.04. The summed E-state index contributed by atoms with van der Waals surface area (Å²) in [5, 5.41) is 12.8. The maximum absolute atomic E-state index is 12.6. The van der Waals surface area contributed by atoms with Gasteiger partial charge in [-0.3, -0.25) is 0 Å². The third-order valence-electron chi connectivity index (χ3n) is 2.57. The van der Waals surface area contributed by atoms with Crippen molar-refractivity contribution in [2.45, 2.75) is 12.4 Å². The molecular formula is C11H11F6N3O. The molecule has 1 atom stereocenters. The van der Waals surface area contributed by atoms with Crippen molar-refractivity contribution in [1.82, 2.24) is 0 Å². The van der Waals surface area contributed by atoms with Gasteiger partial charge in [-0.2, -0.15) is 26.3 Å². The number of rotatable bonds is 4. The molecule has 1 aromatic rings. The smallest absolute Gasteiger partial charge is 0.409 e. The highest BCUT2D eigenvalue weighted by Gasteiger charge is 2.42.